The fourth-order valence-corrected chi connectivity index (χ4v) is 6.21. The molecular weight excluding hydrogens is 591 g/mol. The van der Waals surface area contributed by atoms with Crippen molar-refractivity contribution in [1.82, 2.24) is 19.7 Å². The molecule has 8 nitrogen and oxygen atoms in total. The van der Waals surface area contributed by atoms with Gasteiger partial charge in [-0.1, -0.05) is 49.7 Å². The van der Waals surface area contributed by atoms with Crippen LogP contribution >= 0.6 is 11.6 Å². The molecule has 2 aliphatic heterocycles. The van der Waals surface area contributed by atoms with Crippen molar-refractivity contribution in [2.45, 2.75) is 65.6 Å². The molecule has 0 N–H and O–H groups in total. The summed E-state index contributed by atoms with van der Waals surface area (Å²) in [6.07, 6.45) is -0.315. The van der Waals surface area contributed by atoms with Crippen LogP contribution in [0.3, 0.4) is 0 Å². The third-order valence-corrected chi connectivity index (χ3v) is 8.29. The van der Waals surface area contributed by atoms with Crippen molar-refractivity contribution in [1.29, 1.82) is 0 Å². The van der Waals surface area contributed by atoms with Crippen molar-refractivity contribution in [3.05, 3.63) is 76.1 Å². The molecule has 2 aromatic carbocycles. The number of piperazine rings is 1. The van der Waals surface area contributed by atoms with Gasteiger partial charge in [0.1, 0.15) is 29.7 Å². The van der Waals surface area contributed by atoms with Gasteiger partial charge >= 0.3 is 6.09 Å². The van der Waals surface area contributed by atoms with Crippen molar-refractivity contribution in [3.8, 4) is 11.3 Å². The minimum Gasteiger partial charge on any atom is -0.444 e. The van der Waals surface area contributed by atoms with Crippen LogP contribution in [0, 0.1) is 5.82 Å². The number of nitrogens with zero attached hydrogens (tertiary/aromatic N) is 6. The Balaban J connectivity index is 1.58. The van der Waals surface area contributed by atoms with Gasteiger partial charge < -0.3 is 24.3 Å². The summed E-state index contributed by atoms with van der Waals surface area (Å²) < 4.78 is 20.7. The van der Waals surface area contributed by atoms with Crippen LogP contribution < -0.4 is 4.90 Å². The minimum atomic E-state index is -0.564. The monoisotopic (exact) mass is 634 g/mol. The number of carbonyl (C=O) groups is 1. The van der Waals surface area contributed by atoms with Gasteiger partial charge in [-0.05, 0) is 83.1 Å². The average Bonchev–Trinajstić information content (AvgIpc) is 2.96. The molecule has 0 bridgehead atoms. The SMILES string of the molecule is CC(C)c1cc(CN(C)C)ccc1N1CN=C(N2CCN(C(=O)OC(C)(C)C)C[C@@H]2C)c2cc(Cl)c(-c3ccccc3F)nc21. The second-order valence-electron chi connectivity index (χ2n) is 13.5. The second-order valence-corrected chi connectivity index (χ2v) is 13.9. The molecule has 3 aromatic rings. The predicted octanol–water partition coefficient (Wildman–Crippen LogP) is 7.52. The van der Waals surface area contributed by atoms with Gasteiger partial charge in [0, 0.05) is 43.5 Å². The third kappa shape index (κ3) is 7.10. The van der Waals surface area contributed by atoms with E-state index >= 15 is 4.39 Å². The van der Waals surface area contributed by atoms with Crippen molar-refractivity contribution >= 4 is 35.0 Å². The van der Waals surface area contributed by atoms with E-state index in [4.69, 9.17) is 26.3 Å². The molecule has 1 aromatic heterocycles. The number of carbonyl (C=O) groups excluding carboxylic acids is 1. The number of pyridine rings is 1. The van der Waals surface area contributed by atoms with Gasteiger partial charge in [0.05, 0.1) is 16.3 Å². The van der Waals surface area contributed by atoms with Crippen LogP contribution in [0.15, 0.2) is 53.5 Å². The molecule has 0 spiro atoms. The van der Waals surface area contributed by atoms with Crippen LogP contribution in [-0.2, 0) is 11.3 Å². The number of hydrogen-bond donors (Lipinski definition) is 0. The summed E-state index contributed by atoms with van der Waals surface area (Å²) in [6.45, 7) is 14.8. The van der Waals surface area contributed by atoms with Crippen LogP contribution in [0.4, 0.5) is 20.7 Å². The first-order valence-corrected chi connectivity index (χ1v) is 15.9. The number of amidine groups is 1. The van der Waals surface area contributed by atoms with Crippen LogP contribution in [0.2, 0.25) is 5.02 Å². The summed E-state index contributed by atoms with van der Waals surface area (Å²) in [7, 11) is 4.12. The molecule has 0 aliphatic carbocycles. The molecule has 240 valence electrons. The maximum Gasteiger partial charge on any atom is 0.410 e. The molecule has 45 heavy (non-hydrogen) atoms. The summed E-state index contributed by atoms with van der Waals surface area (Å²) >= 11 is 6.88. The van der Waals surface area contributed by atoms with E-state index in [9.17, 15) is 4.79 Å². The van der Waals surface area contributed by atoms with E-state index in [2.05, 4.69) is 67.8 Å². The minimum absolute atomic E-state index is 0.0361. The van der Waals surface area contributed by atoms with E-state index in [0.29, 0.717) is 48.4 Å². The van der Waals surface area contributed by atoms with Crippen molar-refractivity contribution < 1.29 is 13.9 Å². The molecule has 1 saturated heterocycles. The molecule has 1 fully saturated rings. The lowest BCUT2D eigenvalue weighted by Crippen LogP contribution is -2.57. The number of aromatic nitrogens is 1. The summed E-state index contributed by atoms with van der Waals surface area (Å²) in [4.78, 5) is 31.3. The fourth-order valence-electron chi connectivity index (χ4n) is 5.96. The number of hydrogen-bond acceptors (Lipinski definition) is 7. The highest BCUT2D eigenvalue weighted by atomic mass is 35.5. The lowest BCUT2D eigenvalue weighted by Gasteiger charge is -2.43. The number of aliphatic imine (C=N–C) groups is 1. The lowest BCUT2D eigenvalue weighted by atomic mass is 9.97. The molecule has 0 saturated carbocycles. The molecule has 1 amide bonds. The Morgan fingerprint density at radius 2 is 1.84 bits per heavy atom. The molecule has 1 atom stereocenters. The van der Waals surface area contributed by atoms with Gasteiger partial charge in [0.2, 0.25) is 0 Å². The summed E-state index contributed by atoms with van der Waals surface area (Å²) in [5.74, 6) is 1.30. The Morgan fingerprint density at radius 3 is 2.49 bits per heavy atom. The standard InChI is InChI=1S/C35H44ClFN6O2/c1-22(2)26-17-24(20-40(7)8)13-14-30(26)43-21-38-32(42-16-15-41(19-23(42)3)34(44)45-35(4,5)6)27-18-28(36)31(39-33(27)43)25-11-9-10-12-29(25)37/h9-14,17-18,22-23H,15-16,19-21H2,1-8H3/t23-/m0/s1. The van der Waals surface area contributed by atoms with Crippen LogP contribution in [0.5, 0.6) is 0 Å². The quantitative estimate of drug-likeness (QED) is 0.289. The van der Waals surface area contributed by atoms with Gasteiger partial charge in [-0.15, -0.1) is 0 Å². The smallest absolute Gasteiger partial charge is 0.410 e. The molecule has 5 rings (SSSR count). The fraction of sp³-hybridized carbons (Fsp3) is 0.457. The molecule has 0 unspecified atom stereocenters. The normalized spacial score (nSPS) is 17.1. The van der Waals surface area contributed by atoms with Gasteiger partial charge in [-0.25, -0.2) is 19.2 Å². The Bertz CT molecular complexity index is 1600. The van der Waals surface area contributed by atoms with Gasteiger partial charge in [-0.3, -0.25) is 0 Å². The van der Waals surface area contributed by atoms with E-state index < -0.39 is 5.60 Å². The number of halogens is 2. The van der Waals surface area contributed by atoms with Crippen molar-refractivity contribution in [2.24, 2.45) is 4.99 Å². The van der Waals surface area contributed by atoms with Crippen LogP contribution in [0.1, 0.15) is 64.2 Å². The summed E-state index contributed by atoms with van der Waals surface area (Å²) in [5.41, 5.74) is 4.36. The van der Waals surface area contributed by atoms with E-state index in [1.807, 2.05) is 26.8 Å². The number of fused-ring (bicyclic) bond motifs is 1. The molecule has 2 aliphatic rings. The molecule has 10 heteroatoms. The molecular formula is C35H44ClFN6O2. The zero-order valence-corrected chi connectivity index (χ0v) is 28.3. The van der Waals surface area contributed by atoms with Crippen molar-refractivity contribution in [3.63, 3.8) is 0 Å². The summed E-state index contributed by atoms with van der Waals surface area (Å²) in [5, 5.41) is 0.346. The Morgan fingerprint density at radius 1 is 1.11 bits per heavy atom. The van der Waals surface area contributed by atoms with Gasteiger partial charge in [-0.2, -0.15) is 0 Å². The zero-order chi connectivity index (χ0) is 32.6. The van der Waals surface area contributed by atoms with E-state index in [0.717, 1.165) is 23.6 Å². The largest absolute Gasteiger partial charge is 0.444 e. The first-order chi connectivity index (χ1) is 21.2. The Hall–Kier alpha value is -3.69. The first-order valence-electron chi connectivity index (χ1n) is 15.5. The average molecular weight is 635 g/mol. The number of rotatable bonds is 5. The predicted molar refractivity (Wildman–Crippen MR) is 180 cm³/mol. The Kier molecular flexibility index (Phi) is 9.42. The third-order valence-electron chi connectivity index (χ3n) is 8.00. The molecule has 0 radical (unpaired) electrons. The first kappa shape index (κ1) is 32.7. The zero-order valence-electron chi connectivity index (χ0n) is 27.6. The highest BCUT2D eigenvalue weighted by Crippen LogP contribution is 2.41. The number of amides is 1. The second kappa shape index (κ2) is 13.0. The lowest BCUT2D eigenvalue weighted by molar-refractivity contribution is 0.0133. The highest BCUT2D eigenvalue weighted by molar-refractivity contribution is 6.33. The van der Waals surface area contributed by atoms with Gasteiger partial charge in [0.25, 0.3) is 0 Å². The van der Waals surface area contributed by atoms with E-state index in [1.54, 1.807) is 23.1 Å². The van der Waals surface area contributed by atoms with E-state index in [1.165, 1.54) is 17.2 Å². The number of anilines is 2. The maximum atomic E-state index is 15.1. The maximum absolute atomic E-state index is 15.1. The number of ether oxygens (including phenoxy) is 1. The van der Waals surface area contributed by atoms with Crippen molar-refractivity contribution in [2.75, 3.05) is 45.3 Å². The van der Waals surface area contributed by atoms with E-state index in [-0.39, 0.29) is 23.9 Å². The summed E-state index contributed by atoms with van der Waals surface area (Å²) in [6, 6.07) is 14.9. The molecule has 3 heterocycles. The topological polar surface area (TPSA) is 64.5 Å². The van der Waals surface area contributed by atoms with Crippen LogP contribution in [-0.4, -0.2) is 83.7 Å². The highest BCUT2D eigenvalue weighted by Gasteiger charge is 2.36. The van der Waals surface area contributed by atoms with Gasteiger partial charge in [0.15, 0.2) is 0 Å². The Labute approximate surface area is 271 Å². The van der Waals surface area contributed by atoms with Crippen LogP contribution in [0.25, 0.3) is 11.3 Å². The number of benzene rings is 2.